The fourth-order valence-electron chi connectivity index (χ4n) is 1.97. The molecule has 0 spiro atoms. The van der Waals surface area contributed by atoms with Gasteiger partial charge < -0.3 is 14.8 Å². The van der Waals surface area contributed by atoms with Crippen LogP contribution in [0.2, 0.25) is 5.02 Å². The summed E-state index contributed by atoms with van der Waals surface area (Å²) in [4.78, 5) is 0. The topological polar surface area (TPSA) is 30.5 Å². The molecule has 0 radical (unpaired) electrons. The lowest BCUT2D eigenvalue weighted by Gasteiger charge is -2.25. The zero-order valence-corrected chi connectivity index (χ0v) is 11.5. The van der Waals surface area contributed by atoms with Crippen LogP contribution in [0.1, 0.15) is 25.0 Å². The summed E-state index contributed by atoms with van der Waals surface area (Å²) in [5.41, 5.74) is 3.32. The van der Waals surface area contributed by atoms with Crippen LogP contribution in [-0.4, -0.2) is 19.5 Å². The Morgan fingerprint density at radius 3 is 2.67 bits per heavy atom. The van der Waals surface area contributed by atoms with Crippen molar-refractivity contribution in [1.29, 1.82) is 0 Å². The van der Waals surface area contributed by atoms with E-state index >= 15 is 0 Å². The van der Waals surface area contributed by atoms with Crippen molar-refractivity contribution in [2.75, 3.05) is 13.2 Å². The highest BCUT2D eigenvalue weighted by Gasteiger charge is 2.18. The highest BCUT2D eigenvalue weighted by atomic mass is 35.5. The molecule has 0 aromatic heterocycles. The Balaban J connectivity index is 2.22. The summed E-state index contributed by atoms with van der Waals surface area (Å²) < 4.78 is 11.2. The van der Waals surface area contributed by atoms with Gasteiger partial charge in [-0.1, -0.05) is 17.7 Å². The van der Waals surface area contributed by atoms with Gasteiger partial charge >= 0.3 is 0 Å². The number of fused-ring (bicyclic) bond motifs is 1. The van der Waals surface area contributed by atoms with Crippen molar-refractivity contribution in [2.45, 2.75) is 26.7 Å². The molecule has 1 aliphatic rings. The minimum absolute atomic E-state index is 0.316. The van der Waals surface area contributed by atoms with Crippen molar-refractivity contribution in [3.05, 3.63) is 40.0 Å². The van der Waals surface area contributed by atoms with E-state index in [9.17, 15) is 0 Å². The summed E-state index contributed by atoms with van der Waals surface area (Å²) in [6.45, 7) is 5.92. The lowest BCUT2D eigenvalue weighted by atomic mass is 10.0. The van der Waals surface area contributed by atoms with E-state index < -0.39 is 0 Å². The summed E-state index contributed by atoms with van der Waals surface area (Å²) in [5, 5.41) is 4.09. The Labute approximate surface area is 113 Å². The van der Waals surface area contributed by atoms with Crippen LogP contribution in [0.25, 0.3) is 6.08 Å². The summed E-state index contributed by atoms with van der Waals surface area (Å²) >= 11 is 5.98. The van der Waals surface area contributed by atoms with Gasteiger partial charge in [-0.15, -0.1) is 0 Å². The molecule has 0 saturated carbocycles. The minimum Gasteiger partial charge on any atom is -0.380 e. The predicted octanol–water partition coefficient (Wildman–Crippen LogP) is 3.18. The molecule has 1 aromatic carbocycles. The maximum absolute atomic E-state index is 5.98. The fraction of sp³-hybridized carbons (Fsp3) is 0.429. The van der Waals surface area contributed by atoms with E-state index in [4.69, 9.17) is 21.1 Å². The molecule has 0 unspecified atom stereocenters. The molecule has 0 atom stereocenters. The lowest BCUT2D eigenvalue weighted by molar-refractivity contribution is -0.114. The number of hydrogen-bond donors (Lipinski definition) is 1. The predicted molar refractivity (Wildman–Crippen MR) is 73.3 cm³/mol. The third kappa shape index (κ3) is 3.05. The molecule has 0 aliphatic carbocycles. The summed E-state index contributed by atoms with van der Waals surface area (Å²) in [6, 6.07) is 5.90. The van der Waals surface area contributed by atoms with Gasteiger partial charge in [-0.3, -0.25) is 0 Å². The molecule has 2 rings (SSSR count). The number of rotatable bonds is 5. The van der Waals surface area contributed by atoms with Gasteiger partial charge in [-0.05, 0) is 43.2 Å². The second-order valence-corrected chi connectivity index (χ2v) is 4.48. The lowest BCUT2D eigenvalue weighted by Crippen LogP contribution is -2.31. The average molecular weight is 268 g/mol. The molecule has 0 fully saturated rings. The Kier molecular flexibility index (Phi) is 4.64. The first-order valence-electron chi connectivity index (χ1n) is 6.21. The zero-order valence-electron chi connectivity index (χ0n) is 10.7. The van der Waals surface area contributed by atoms with Crippen molar-refractivity contribution in [2.24, 2.45) is 0 Å². The monoisotopic (exact) mass is 267 g/mol. The number of hydrogen-bond acceptors (Lipinski definition) is 3. The van der Waals surface area contributed by atoms with Crippen LogP contribution in [0.4, 0.5) is 0 Å². The van der Waals surface area contributed by atoms with E-state index in [-0.39, 0.29) is 6.29 Å². The van der Waals surface area contributed by atoms with Crippen LogP contribution in [0.3, 0.4) is 0 Å². The quantitative estimate of drug-likeness (QED) is 0.831. The average Bonchev–Trinajstić information content (AvgIpc) is 2.38. The van der Waals surface area contributed by atoms with E-state index in [0.29, 0.717) is 13.2 Å². The van der Waals surface area contributed by atoms with Gasteiger partial charge in [0.2, 0.25) is 0 Å². The van der Waals surface area contributed by atoms with Crippen LogP contribution in [0.5, 0.6) is 0 Å². The highest BCUT2D eigenvalue weighted by Crippen LogP contribution is 2.23. The molecule has 4 heteroatoms. The maximum Gasteiger partial charge on any atom is 0.198 e. The van der Waals surface area contributed by atoms with Gasteiger partial charge in [0.25, 0.3) is 0 Å². The van der Waals surface area contributed by atoms with Gasteiger partial charge in [-0.25, -0.2) is 0 Å². The van der Waals surface area contributed by atoms with E-state index in [1.807, 2.05) is 32.0 Å². The number of nitrogens with one attached hydrogen (secondary N) is 1. The van der Waals surface area contributed by atoms with Crippen LogP contribution in [0, 0.1) is 0 Å². The molecule has 1 aliphatic heterocycles. The summed E-state index contributed by atoms with van der Waals surface area (Å²) in [7, 11) is 0. The minimum atomic E-state index is -0.316. The molecular formula is C14H18ClNO2. The van der Waals surface area contributed by atoms with Gasteiger partial charge in [0.15, 0.2) is 6.29 Å². The first-order chi connectivity index (χ1) is 8.74. The van der Waals surface area contributed by atoms with Crippen LogP contribution in [0.15, 0.2) is 23.9 Å². The SMILES string of the molecule is CCOC(OCC)C1=Cc2ccc(Cl)cc2CN1. The molecule has 0 amide bonds. The first kappa shape index (κ1) is 13.4. The smallest absolute Gasteiger partial charge is 0.198 e. The number of benzene rings is 1. The Morgan fingerprint density at radius 2 is 2.00 bits per heavy atom. The maximum atomic E-state index is 5.98. The Morgan fingerprint density at radius 1 is 1.28 bits per heavy atom. The third-order valence-corrected chi connectivity index (χ3v) is 3.02. The van der Waals surface area contributed by atoms with Gasteiger partial charge in [-0.2, -0.15) is 0 Å². The van der Waals surface area contributed by atoms with E-state index in [0.717, 1.165) is 22.8 Å². The second-order valence-electron chi connectivity index (χ2n) is 4.04. The third-order valence-electron chi connectivity index (χ3n) is 2.79. The molecule has 1 N–H and O–H groups in total. The zero-order chi connectivity index (χ0) is 13.0. The summed E-state index contributed by atoms with van der Waals surface area (Å²) in [6.07, 6.45) is 1.74. The van der Waals surface area contributed by atoms with E-state index in [2.05, 4.69) is 11.4 Å². The van der Waals surface area contributed by atoms with Crippen molar-refractivity contribution >= 4 is 17.7 Å². The molecule has 98 valence electrons. The second kappa shape index (κ2) is 6.23. The van der Waals surface area contributed by atoms with Gasteiger partial charge in [0, 0.05) is 24.8 Å². The van der Waals surface area contributed by atoms with Gasteiger partial charge in [0.05, 0.1) is 5.70 Å². The molecule has 0 bridgehead atoms. The summed E-state index contributed by atoms with van der Waals surface area (Å²) in [5.74, 6) is 0. The largest absolute Gasteiger partial charge is 0.380 e. The number of halogens is 1. The fourth-order valence-corrected chi connectivity index (χ4v) is 2.16. The Hall–Kier alpha value is -1.03. The molecule has 18 heavy (non-hydrogen) atoms. The van der Waals surface area contributed by atoms with Crippen molar-refractivity contribution in [3.8, 4) is 0 Å². The molecule has 0 saturated heterocycles. The molecule has 1 aromatic rings. The first-order valence-corrected chi connectivity index (χ1v) is 6.59. The van der Waals surface area contributed by atoms with Crippen molar-refractivity contribution in [3.63, 3.8) is 0 Å². The van der Waals surface area contributed by atoms with Crippen LogP contribution in [-0.2, 0) is 16.0 Å². The van der Waals surface area contributed by atoms with Crippen molar-refractivity contribution < 1.29 is 9.47 Å². The highest BCUT2D eigenvalue weighted by molar-refractivity contribution is 6.30. The van der Waals surface area contributed by atoms with E-state index in [1.165, 1.54) is 5.56 Å². The molecule has 1 heterocycles. The van der Waals surface area contributed by atoms with Crippen molar-refractivity contribution in [1.82, 2.24) is 5.32 Å². The van der Waals surface area contributed by atoms with Crippen LogP contribution < -0.4 is 5.32 Å². The van der Waals surface area contributed by atoms with Gasteiger partial charge in [0.1, 0.15) is 0 Å². The number of ether oxygens (including phenoxy) is 2. The molecular weight excluding hydrogens is 250 g/mol. The molecule has 3 nitrogen and oxygen atoms in total. The van der Waals surface area contributed by atoms with E-state index in [1.54, 1.807) is 0 Å². The standard InChI is InChI=1S/C14H18ClNO2/c1-3-17-14(18-4-2)13-8-10-5-6-12(15)7-11(10)9-16-13/h5-8,14,16H,3-4,9H2,1-2H3. The Bertz CT molecular complexity index is 439. The van der Waals surface area contributed by atoms with Crippen LogP contribution >= 0.6 is 11.6 Å². The normalized spacial score (nSPS) is 14.1.